The number of carbonyl (C=O) groups is 1. The van der Waals surface area contributed by atoms with Crippen LogP contribution in [-0.2, 0) is 4.74 Å². The van der Waals surface area contributed by atoms with Gasteiger partial charge in [-0.2, -0.15) is 0 Å². The number of rotatable bonds is 8. The maximum atomic E-state index is 12.7. The molecule has 1 aromatic heterocycles. The van der Waals surface area contributed by atoms with Crippen LogP contribution in [0.15, 0.2) is 24.5 Å². The summed E-state index contributed by atoms with van der Waals surface area (Å²) in [6, 6.07) is 3.63. The molecule has 0 radical (unpaired) electrons. The van der Waals surface area contributed by atoms with Gasteiger partial charge in [-0.3, -0.25) is 4.98 Å². The molecule has 3 heteroatoms. The molecule has 5 rings (SSSR count). The van der Waals surface area contributed by atoms with Gasteiger partial charge < -0.3 is 4.74 Å². The molecule has 0 N–H and O–H groups in total. The molecule has 38 heavy (non-hydrogen) atoms. The van der Waals surface area contributed by atoms with Crippen molar-refractivity contribution in [2.45, 2.75) is 125 Å². The van der Waals surface area contributed by atoms with Gasteiger partial charge in [0.15, 0.2) is 0 Å². The minimum absolute atomic E-state index is 0.0701. The summed E-state index contributed by atoms with van der Waals surface area (Å²) in [7, 11) is 0. The second-order valence-electron chi connectivity index (χ2n) is 14.9. The first-order chi connectivity index (χ1) is 18.2. The lowest BCUT2D eigenvalue weighted by Crippen LogP contribution is -2.54. The zero-order valence-corrected chi connectivity index (χ0v) is 25.3. The third kappa shape index (κ3) is 5.10. The number of fused-ring (bicyclic) bond motifs is 5. The number of ether oxygens (including phenoxy) is 1. The lowest BCUT2D eigenvalue weighted by molar-refractivity contribution is -0.130. The first-order valence-electron chi connectivity index (χ1n) is 16.3. The number of carbonyl (C=O) groups excluding carboxylic acids is 1. The fourth-order valence-electron chi connectivity index (χ4n) is 10.7. The standard InChI is InChI=1S/C35H55NO2/c1-7-25(23(2)3)11-10-24(4)30-14-15-31-29-13-12-27-21-28(38-33(37)26-9-8-20-36-22-26)16-18-34(27,5)32(29)17-19-35(30,31)6/h8-9,20,22-25,27-32H,7,10-19,21H2,1-6H3/t24-,25-,27+,28+,29?,30-,31?,32?,34+,35-/m1/s1. The number of hydrogen-bond acceptors (Lipinski definition) is 3. The van der Waals surface area contributed by atoms with Gasteiger partial charge in [-0.15, -0.1) is 0 Å². The maximum absolute atomic E-state index is 12.7. The van der Waals surface area contributed by atoms with E-state index < -0.39 is 0 Å². The molecule has 4 aliphatic carbocycles. The number of aromatic nitrogens is 1. The summed E-state index contributed by atoms with van der Waals surface area (Å²) in [4.78, 5) is 16.8. The average Bonchev–Trinajstić information content (AvgIpc) is 3.26. The number of esters is 1. The Morgan fingerprint density at radius 3 is 2.47 bits per heavy atom. The molecule has 0 aliphatic heterocycles. The predicted octanol–water partition coefficient (Wildman–Crippen LogP) is 9.36. The van der Waals surface area contributed by atoms with Gasteiger partial charge in [-0.1, -0.05) is 54.4 Å². The molecule has 3 unspecified atom stereocenters. The minimum Gasteiger partial charge on any atom is -0.459 e. The molecule has 0 spiro atoms. The molecule has 4 saturated carbocycles. The minimum atomic E-state index is -0.196. The predicted molar refractivity (Wildman–Crippen MR) is 156 cm³/mol. The molecule has 0 saturated heterocycles. The Hall–Kier alpha value is -1.38. The van der Waals surface area contributed by atoms with Crippen LogP contribution in [-0.4, -0.2) is 17.1 Å². The van der Waals surface area contributed by atoms with Gasteiger partial charge in [-0.05, 0) is 135 Å². The topological polar surface area (TPSA) is 39.2 Å². The molecule has 4 aliphatic rings. The van der Waals surface area contributed by atoms with Crippen molar-refractivity contribution in [1.29, 1.82) is 0 Å². The van der Waals surface area contributed by atoms with Gasteiger partial charge in [0.1, 0.15) is 6.10 Å². The molecule has 4 fully saturated rings. The zero-order valence-electron chi connectivity index (χ0n) is 25.3. The van der Waals surface area contributed by atoms with E-state index in [1.54, 1.807) is 12.4 Å². The smallest absolute Gasteiger partial charge is 0.339 e. The summed E-state index contributed by atoms with van der Waals surface area (Å²) in [5, 5.41) is 0. The molecule has 10 atom stereocenters. The first kappa shape index (κ1) is 28.2. The summed E-state index contributed by atoms with van der Waals surface area (Å²) in [5.74, 6) is 6.73. The van der Waals surface area contributed by atoms with Crippen molar-refractivity contribution in [2.24, 2.45) is 58.2 Å². The van der Waals surface area contributed by atoms with Crippen molar-refractivity contribution in [2.75, 3.05) is 0 Å². The zero-order chi connectivity index (χ0) is 27.1. The summed E-state index contributed by atoms with van der Waals surface area (Å²) < 4.78 is 6.02. The third-order valence-electron chi connectivity index (χ3n) is 13.0. The average molecular weight is 522 g/mol. The molecular formula is C35H55NO2. The van der Waals surface area contributed by atoms with E-state index in [-0.39, 0.29) is 12.1 Å². The van der Waals surface area contributed by atoms with Crippen LogP contribution in [0, 0.1) is 58.2 Å². The van der Waals surface area contributed by atoms with E-state index in [4.69, 9.17) is 4.74 Å². The largest absolute Gasteiger partial charge is 0.459 e. The van der Waals surface area contributed by atoms with Crippen molar-refractivity contribution in [3.8, 4) is 0 Å². The molecule has 212 valence electrons. The van der Waals surface area contributed by atoms with Gasteiger partial charge in [0.2, 0.25) is 0 Å². The Morgan fingerprint density at radius 2 is 1.76 bits per heavy atom. The van der Waals surface area contributed by atoms with Crippen LogP contribution in [0.25, 0.3) is 0 Å². The molecular weight excluding hydrogens is 466 g/mol. The second-order valence-corrected chi connectivity index (χ2v) is 14.9. The summed E-state index contributed by atoms with van der Waals surface area (Å²) >= 11 is 0. The van der Waals surface area contributed by atoms with Crippen molar-refractivity contribution >= 4 is 5.97 Å². The normalized spacial score (nSPS) is 40.1. The van der Waals surface area contributed by atoms with Crippen molar-refractivity contribution in [1.82, 2.24) is 4.98 Å². The quantitative estimate of drug-likeness (QED) is 0.320. The van der Waals surface area contributed by atoms with Crippen molar-refractivity contribution in [3.05, 3.63) is 30.1 Å². The Balaban J connectivity index is 1.22. The van der Waals surface area contributed by atoms with E-state index in [0.29, 0.717) is 22.3 Å². The molecule has 0 amide bonds. The van der Waals surface area contributed by atoms with Crippen LogP contribution in [0.1, 0.15) is 129 Å². The Labute approximate surface area is 233 Å². The van der Waals surface area contributed by atoms with Crippen molar-refractivity contribution < 1.29 is 9.53 Å². The van der Waals surface area contributed by atoms with Crippen LogP contribution in [0.2, 0.25) is 0 Å². The third-order valence-corrected chi connectivity index (χ3v) is 13.0. The molecule has 0 bridgehead atoms. The first-order valence-corrected chi connectivity index (χ1v) is 16.3. The monoisotopic (exact) mass is 521 g/mol. The fourth-order valence-corrected chi connectivity index (χ4v) is 10.7. The van der Waals surface area contributed by atoms with Gasteiger partial charge in [-0.25, -0.2) is 4.79 Å². The summed E-state index contributed by atoms with van der Waals surface area (Å²) in [6.45, 7) is 15.2. The van der Waals surface area contributed by atoms with Gasteiger partial charge in [0.05, 0.1) is 5.56 Å². The van der Waals surface area contributed by atoms with Crippen LogP contribution < -0.4 is 0 Å². The van der Waals surface area contributed by atoms with Crippen LogP contribution >= 0.6 is 0 Å². The molecule has 1 aromatic rings. The number of hydrogen-bond donors (Lipinski definition) is 0. The Bertz CT molecular complexity index is 945. The Morgan fingerprint density at radius 1 is 1.00 bits per heavy atom. The van der Waals surface area contributed by atoms with Gasteiger partial charge in [0.25, 0.3) is 0 Å². The highest BCUT2D eigenvalue weighted by atomic mass is 16.5. The van der Waals surface area contributed by atoms with Gasteiger partial charge >= 0.3 is 5.97 Å². The van der Waals surface area contributed by atoms with Crippen molar-refractivity contribution in [3.63, 3.8) is 0 Å². The summed E-state index contributed by atoms with van der Waals surface area (Å²) in [5.41, 5.74) is 1.56. The van der Waals surface area contributed by atoms with Crippen LogP contribution in [0.3, 0.4) is 0 Å². The highest BCUT2D eigenvalue weighted by Crippen LogP contribution is 2.68. The van der Waals surface area contributed by atoms with E-state index in [9.17, 15) is 4.79 Å². The second kappa shape index (κ2) is 11.2. The molecule has 0 aromatic carbocycles. The van der Waals surface area contributed by atoms with E-state index in [1.807, 2.05) is 12.1 Å². The summed E-state index contributed by atoms with van der Waals surface area (Å²) in [6.07, 6.45) is 19.4. The van der Waals surface area contributed by atoms with E-state index in [2.05, 4.69) is 46.5 Å². The van der Waals surface area contributed by atoms with Gasteiger partial charge in [0, 0.05) is 12.4 Å². The van der Waals surface area contributed by atoms with Crippen LogP contribution in [0.4, 0.5) is 0 Å². The number of nitrogens with zero attached hydrogens (tertiary/aromatic N) is 1. The fraction of sp³-hybridized carbons (Fsp3) is 0.829. The SMILES string of the molecule is CC[C@H](CC[C@@H](C)[C@H]1CCC2C3CC[C@H]4C[C@@H](OC(=O)c5cccnc5)CC[C@]4(C)C3CC[C@@]21C)C(C)C. The highest BCUT2D eigenvalue weighted by Gasteiger charge is 2.60. The highest BCUT2D eigenvalue weighted by molar-refractivity contribution is 5.89. The lowest BCUT2D eigenvalue weighted by atomic mass is 9.44. The van der Waals surface area contributed by atoms with E-state index in [1.165, 1.54) is 64.2 Å². The lowest BCUT2D eigenvalue weighted by Gasteiger charge is -2.61. The maximum Gasteiger partial charge on any atom is 0.339 e. The van der Waals surface area contributed by atoms with E-state index >= 15 is 0 Å². The molecule has 1 heterocycles. The number of pyridine rings is 1. The van der Waals surface area contributed by atoms with Crippen LogP contribution in [0.5, 0.6) is 0 Å². The molecule has 3 nitrogen and oxygen atoms in total. The van der Waals surface area contributed by atoms with E-state index in [0.717, 1.165) is 54.3 Å². The Kier molecular flexibility index (Phi) is 8.33.